The van der Waals surface area contributed by atoms with Crippen molar-refractivity contribution in [3.05, 3.63) is 18.2 Å². The second kappa shape index (κ2) is 6.77. The van der Waals surface area contributed by atoms with Gasteiger partial charge in [-0.3, -0.25) is 0 Å². The molecule has 0 spiro atoms. The Kier molecular flexibility index (Phi) is 5.35. The quantitative estimate of drug-likeness (QED) is 0.800. The molecule has 1 unspecified atom stereocenters. The normalized spacial score (nSPS) is 12.1. The summed E-state index contributed by atoms with van der Waals surface area (Å²) in [6, 6.07) is 3.25. The number of alkyl halides is 2. The van der Waals surface area contributed by atoms with E-state index >= 15 is 0 Å². The third-order valence-electron chi connectivity index (χ3n) is 2.44. The van der Waals surface area contributed by atoms with Gasteiger partial charge < -0.3 is 19.9 Å². The molecule has 0 amide bonds. The van der Waals surface area contributed by atoms with Crippen LogP contribution in [0.2, 0.25) is 0 Å². The monoisotopic (exact) mass is 275 g/mol. The van der Waals surface area contributed by atoms with Crippen LogP contribution >= 0.6 is 0 Å². The van der Waals surface area contributed by atoms with Gasteiger partial charge in [0.15, 0.2) is 0 Å². The summed E-state index contributed by atoms with van der Waals surface area (Å²) in [6.07, 6.45) is 0.292. The summed E-state index contributed by atoms with van der Waals surface area (Å²) in [5.74, 6) is -0.798. The Morgan fingerprint density at radius 1 is 1.47 bits per heavy atom. The summed E-state index contributed by atoms with van der Waals surface area (Å²) in [5.41, 5.74) is 0.147. The van der Waals surface area contributed by atoms with Gasteiger partial charge in [0.2, 0.25) is 0 Å². The van der Waals surface area contributed by atoms with E-state index in [9.17, 15) is 13.6 Å². The molecule has 1 rings (SSSR count). The molecule has 0 bridgehead atoms. The fourth-order valence-electron chi connectivity index (χ4n) is 1.47. The number of carbonyl (C=O) groups is 1. The lowest BCUT2D eigenvalue weighted by molar-refractivity contribution is -0.137. The number of methoxy groups -OCH3 is 1. The third kappa shape index (κ3) is 4.27. The number of halogens is 2. The van der Waals surface area contributed by atoms with Gasteiger partial charge in [-0.15, -0.1) is 0 Å². The minimum atomic E-state index is -2.99. The number of anilines is 1. The van der Waals surface area contributed by atoms with Crippen molar-refractivity contribution in [2.45, 2.75) is 26.0 Å². The van der Waals surface area contributed by atoms with Crippen molar-refractivity contribution >= 4 is 11.7 Å². The molecule has 0 aliphatic rings. The van der Waals surface area contributed by atoms with Gasteiger partial charge in [-0.1, -0.05) is 6.92 Å². The number of rotatable bonds is 7. The zero-order valence-electron chi connectivity index (χ0n) is 10.5. The fraction of sp³-hybridized carbons (Fsp3) is 0.417. The summed E-state index contributed by atoms with van der Waals surface area (Å²) in [4.78, 5) is 10.9. The first-order valence-electron chi connectivity index (χ1n) is 5.60. The third-order valence-corrected chi connectivity index (χ3v) is 2.44. The van der Waals surface area contributed by atoms with Gasteiger partial charge in [-0.2, -0.15) is 8.78 Å². The van der Waals surface area contributed by atoms with Gasteiger partial charge in [-0.25, -0.2) is 4.79 Å². The van der Waals surface area contributed by atoms with Gasteiger partial charge >= 0.3 is 12.6 Å². The van der Waals surface area contributed by atoms with Crippen molar-refractivity contribution in [2.75, 3.05) is 12.4 Å². The first-order valence-corrected chi connectivity index (χ1v) is 5.60. The highest BCUT2D eigenvalue weighted by Gasteiger charge is 2.18. The molecular formula is C12H15F2NO4. The van der Waals surface area contributed by atoms with Crippen molar-refractivity contribution < 1.29 is 28.2 Å². The van der Waals surface area contributed by atoms with Crippen molar-refractivity contribution in [2.24, 2.45) is 0 Å². The molecule has 1 aromatic carbocycles. The second-order valence-electron chi connectivity index (χ2n) is 3.68. The predicted octanol–water partition coefficient (Wildman–Crippen LogP) is 2.57. The molecule has 0 radical (unpaired) electrons. The van der Waals surface area contributed by atoms with E-state index in [0.29, 0.717) is 12.2 Å². The Balaban J connectivity index is 3.02. The Bertz CT molecular complexity index is 440. The minimum absolute atomic E-state index is 0.129. The van der Waals surface area contributed by atoms with Gasteiger partial charge in [0, 0.05) is 6.07 Å². The highest BCUT2D eigenvalue weighted by atomic mass is 19.3. The number of nitrogens with one attached hydrogen (secondary N) is 1. The second-order valence-corrected chi connectivity index (χ2v) is 3.68. The van der Waals surface area contributed by atoms with E-state index in [4.69, 9.17) is 9.84 Å². The number of hydrogen-bond acceptors (Lipinski definition) is 4. The standard InChI is InChI=1S/C12H15F2NO4/c1-3-8(11(16)17)15-9-6-7(18-2)4-5-10(9)19-12(13)14/h4-6,8,12,15H,3H2,1-2H3,(H,16,17). The van der Waals surface area contributed by atoms with E-state index in [-0.39, 0.29) is 11.4 Å². The van der Waals surface area contributed by atoms with Crippen LogP contribution in [0, 0.1) is 0 Å². The highest BCUT2D eigenvalue weighted by Crippen LogP contribution is 2.31. The fourth-order valence-corrected chi connectivity index (χ4v) is 1.47. The van der Waals surface area contributed by atoms with E-state index in [1.807, 2.05) is 0 Å². The zero-order valence-corrected chi connectivity index (χ0v) is 10.5. The Hall–Kier alpha value is -2.05. The molecule has 5 nitrogen and oxygen atoms in total. The van der Waals surface area contributed by atoms with Gasteiger partial charge in [0.05, 0.1) is 12.8 Å². The van der Waals surface area contributed by atoms with Gasteiger partial charge in [0.1, 0.15) is 17.5 Å². The lowest BCUT2D eigenvalue weighted by atomic mass is 10.2. The smallest absolute Gasteiger partial charge is 0.387 e. The van der Waals surface area contributed by atoms with E-state index in [1.165, 1.54) is 25.3 Å². The molecule has 0 aliphatic carbocycles. The molecule has 2 N–H and O–H groups in total. The number of ether oxygens (including phenoxy) is 2. The number of benzene rings is 1. The van der Waals surface area contributed by atoms with Gasteiger partial charge in [0.25, 0.3) is 0 Å². The number of carboxylic acid groups (broad SMARTS) is 1. The van der Waals surface area contributed by atoms with Crippen LogP contribution in [0.3, 0.4) is 0 Å². The van der Waals surface area contributed by atoms with Gasteiger partial charge in [-0.05, 0) is 18.6 Å². The maximum Gasteiger partial charge on any atom is 0.387 e. The summed E-state index contributed by atoms with van der Waals surface area (Å²) >= 11 is 0. The minimum Gasteiger partial charge on any atom is -0.497 e. The van der Waals surface area contributed by atoms with Crippen LogP contribution in [0.15, 0.2) is 18.2 Å². The molecule has 106 valence electrons. The van der Waals surface area contributed by atoms with Crippen LogP contribution in [-0.2, 0) is 4.79 Å². The average molecular weight is 275 g/mol. The number of aliphatic carboxylic acids is 1. The molecule has 0 saturated heterocycles. The summed E-state index contributed by atoms with van der Waals surface area (Å²) in [7, 11) is 1.42. The molecular weight excluding hydrogens is 260 g/mol. The lowest BCUT2D eigenvalue weighted by Gasteiger charge is -2.17. The summed E-state index contributed by atoms with van der Waals surface area (Å²) < 4.78 is 33.8. The van der Waals surface area contributed by atoms with Crippen LogP contribution in [-0.4, -0.2) is 30.8 Å². The van der Waals surface area contributed by atoms with Crippen molar-refractivity contribution in [1.82, 2.24) is 0 Å². The summed E-state index contributed by atoms with van der Waals surface area (Å²) in [5, 5.41) is 11.6. The van der Waals surface area contributed by atoms with Crippen LogP contribution in [0.1, 0.15) is 13.3 Å². The molecule has 0 fully saturated rings. The molecule has 1 aromatic rings. The maximum atomic E-state index is 12.3. The Morgan fingerprint density at radius 2 is 2.16 bits per heavy atom. The number of carboxylic acids is 1. The largest absolute Gasteiger partial charge is 0.497 e. The van der Waals surface area contributed by atoms with Crippen molar-refractivity contribution in [1.29, 1.82) is 0 Å². The average Bonchev–Trinajstić information content (AvgIpc) is 2.36. The molecule has 19 heavy (non-hydrogen) atoms. The first-order chi connectivity index (χ1) is 8.97. The van der Waals surface area contributed by atoms with E-state index in [2.05, 4.69) is 10.1 Å². The SMILES string of the molecule is CCC(Nc1cc(OC)ccc1OC(F)F)C(=O)O. The molecule has 0 aliphatic heterocycles. The van der Waals surface area contributed by atoms with Crippen molar-refractivity contribution in [3.63, 3.8) is 0 Å². The zero-order chi connectivity index (χ0) is 14.4. The Labute approximate surface area is 109 Å². The molecule has 7 heteroatoms. The van der Waals surface area contributed by atoms with Crippen molar-refractivity contribution in [3.8, 4) is 11.5 Å². The molecule has 0 aromatic heterocycles. The molecule has 1 atom stereocenters. The van der Waals surface area contributed by atoms with E-state index in [0.717, 1.165) is 0 Å². The van der Waals surface area contributed by atoms with Crippen LogP contribution in [0.5, 0.6) is 11.5 Å². The van der Waals surface area contributed by atoms with Crippen LogP contribution in [0.4, 0.5) is 14.5 Å². The highest BCUT2D eigenvalue weighted by molar-refractivity contribution is 5.78. The molecule has 0 saturated carbocycles. The van der Waals surface area contributed by atoms with Crippen LogP contribution < -0.4 is 14.8 Å². The van der Waals surface area contributed by atoms with E-state index in [1.54, 1.807) is 6.92 Å². The maximum absolute atomic E-state index is 12.3. The number of hydrogen-bond donors (Lipinski definition) is 2. The van der Waals surface area contributed by atoms with Crippen LogP contribution in [0.25, 0.3) is 0 Å². The predicted molar refractivity (Wildman–Crippen MR) is 65.0 cm³/mol. The molecule has 0 heterocycles. The topological polar surface area (TPSA) is 67.8 Å². The first kappa shape index (κ1) is 15.0. The van der Waals surface area contributed by atoms with E-state index < -0.39 is 18.6 Å². The lowest BCUT2D eigenvalue weighted by Crippen LogP contribution is -2.28. The Morgan fingerprint density at radius 3 is 2.63 bits per heavy atom. The summed E-state index contributed by atoms with van der Waals surface area (Å²) in [6.45, 7) is -1.32.